The molecule has 1 atom stereocenters. The molecule has 2 N–H and O–H groups in total. The van der Waals surface area contributed by atoms with Crippen LogP contribution in [0.15, 0.2) is 24.3 Å². The topological polar surface area (TPSA) is 59.6 Å². The molecule has 19 heavy (non-hydrogen) atoms. The van der Waals surface area contributed by atoms with Crippen LogP contribution in [0.3, 0.4) is 0 Å². The normalized spacial score (nSPS) is 18.4. The zero-order valence-electron chi connectivity index (χ0n) is 11.3. The first kappa shape index (κ1) is 13.7. The van der Waals surface area contributed by atoms with E-state index in [1.807, 2.05) is 38.1 Å². The second-order valence-electron chi connectivity index (χ2n) is 4.76. The predicted octanol–water partition coefficient (Wildman–Crippen LogP) is 2.73. The SMILES string of the molecule is CC(C)Oc1ccccc1NC(=O)NC1CCCO1. The summed E-state index contributed by atoms with van der Waals surface area (Å²) in [6.45, 7) is 4.60. The van der Waals surface area contributed by atoms with E-state index in [1.54, 1.807) is 0 Å². The van der Waals surface area contributed by atoms with Crippen molar-refractivity contribution in [3.8, 4) is 5.75 Å². The van der Waals surface area contributed by atoms with Crippen molar-refractivity contribution in [1.82, 2.24) is 5.32 Å². The highest BCUT2D eigenvalue weighted by Gasteiger charge is 2.18. The van der Waals surface area contributed by atoms with E-state index in [0.717, 1.165) is 12.8 Å². The van der Waals surface area contributed by atoms with Crippen molar-refractivity contribution in [2.45, 2.75) is 39.0 Å². The van der Waals surface area contributed by atoms with E-state index < -0.39 is 0 Å². The summed E-state index contributed by atoms with van der Waals surface area (Å²) in [4.78, 5) is 11.8. The summed E-state index contributed by atoms with van der Waals surface area (Å²) < 4.78 is 11.0. The number of nitrogens with one attached hydrogen (secondary N) is 2. The van der Waals surface area contributed by atoms with Gasteiger partial charge in [-0.1, -0.05) is 12.1 Å². The molecule has 5 heteroatoms. The molecule has 1 fully saturated rings. The summed E-state index contributed by atoms with van der Waals surface area (Å²) in [5, 5.41) is 5.57. The molecule has 104 valence electrons. The maximum atomic E-state index is 11.8. The molecule has 1 aromatic carbocycles. The van der Waals surface area contributed by atoms with Crippen LogP contribution in [-0.2, 0) is 4.74 Å². The Morgan fingerprint density at radius 2 is 2.21 bits per heavy atom. The summed E-state index contributed by atoms with van der Waals surface area (Å²) in [6.07, 6.45) is 1.72. The van der Waals surface area contributed by atoms with Crippen LogP contribution in [0.1, 0.15) is 26.7 Å². The van der Waals surface area contributed by atoms with Gasteiger partial charge in [-0.15, -0.1) is 0 Å². The van der Waals surface area contributed by atoms with Crippen molar-refractivity contribution >= 4 is 11.7 Å². The van der Waals surface area contributed by atoms with Gasteiger partial charge in [0.2, 0.25) is 0 Å². The van der Waals surface area contributed by atoms with Crippen molar-refractivity contribution in [1.29, 1.82) is 0 Å². The van der Waals surface area contributed by atoms with Crippen LogP contribution in [0.5, 0.6) is 5.75 Å². The molecule has 0 aromatic heterocycles. The van der Waals surface area contributed by atoms with Crippen molar-refractivity contribution in [2.24, 2.45) is 0 Å². The number of ether oxygens (including phenoxy) is 2. The molecule has 2 amide bonds. The molecule has 5 nitrogen and oxygen atoms in total. The van der Waals surface area contributed by atoms with E-state index in [4.69, 9.17) is 9.47 Å². The second-order valence-corrected chi connectivity index (χ2v) is 4.76. The predicted molar refractivity (Wildman–Crippen MR) is 73.3 cm³/mol. The molecule has 1 saturated heterocycles. The number of anilines is 1. The van der Waals surface area contributed by atoms with Gasteiger partial charge in [-0.2, -0.15) is 0 Å². The summed E-state index contributed by atoms with van der Waals surface area (Å²) in [5.41, 5.74) is 0.659. The summed E-state index contributed by atoms with van der Waals surface area (Å²) in [7, 11) is 0. The average molecular weight is 264 g/mol. The zero-order valence-corrected chi connectivity index (χ0v) is 11.3. The molecule has 0 spiro atoms. The number of carbonyl (C=O) groups excluding carboxylic acids is 1. The first-order valence-corrected chi connectivity index (χ1v) is 6.60. The molecule has 1 aromatic rings. The van der Waals surface area contributed by atoms with Crippen LogP contribution in [-0.4, -0.2) is 25.0 Å². The van der Waals surface area contributed by atoms with E-state index in [1.165, 1.54) is 0 Å². The lowest BCUT2D eigenvalue weighted by Crippen LogP contribution is -2.37. The highest BCUT2D eigenvalue weighted by molar-refractivity contribution is 5.91. The molecular formula is C14H20N2O3. The van der Waals surface area contributed by atoms with Crippen LogP contribution in [0.4, 0.5) is 10.5 Å². The number of urea groups is 1. The van der Waals surface area contributed by atoms with Gasteiger partial charge < -0.3 is 20.1 Å². The third-order valence-electron chi connectivity index (χ3n) is 2.72. The number of hydrogen-bond donors (Lipinski definition) is 2. The van der Waals surface area contributed by atoms with Crippen molar-refractivity contribution in [3.05, 3.63) is 24.3 Å². The number of amides is 2. The fraction of sp³-hybridized carbons (Fsp3) is 0.500. The minimum Gasteiger partial charge on any atom is -0.489 e. The van der Waals surface area contributed by atoms with Crippen molar-refractivity contribution in [2.75, 3.05) is 11.9 Å². The second kappa shape index (κ2) is 6.43. The van der Waals surface area contributed by atoms with E-state index in [-0.39, 0.29) is 18.4 Å². The molecule has 1 aliphatic rings. The maximum absolute atomic E-state index is 11.8. The van der Waals surface area contributed by atoms with E-state index in [2.05, 4.69) is 10.6 Å². The van der Waals surface area contributed by atoms with Gasteiger partial charge in [-0.25, -0.2) is 4.79 Å². The smallest absolute Gasteiger partial charge is 0.321 e. The summed E-state index contributed by atoms with van der Waals surface area (Å²) in [6, 6.07) is 7.11. The molecular weight excluding hydrogens is 244 g/mol. The highest BCUT2D eigenvalue weighted by atomic mass is 16.5. The van der Waals surface area contributed by atoms with E-state index in [0.29, 0.717) is 18.0 Å². The van der Waals surface area contributed by atoms with Crippen molar-refractivity contribution in [3.63, 3.8) is 0 Å². The molecule has 1 unspecified atom stereocenters. The third kappa shape index (κ3) is 4.13. The van der Waals surface area contributed by atoms with E-state index >= 15 is 0 Å². The minimum atomic E-state index is -0.272. The van der Waals surface area contributed by atoms with Crippen LogP contribution in [0, 0.1) is 0 Å². The van der Waals surface area contributed by atoms with Gasteiger partial charge in [-0.05, 0) is 38.8 Å². The molecule has 1 heterocycles. The number of benzene rings is 1. The standard InChI is InChI=1S/C14H20N2O3/c1-10(2)19-12-7-4-3-6-11(12)15-14(17)16-13-8-5-9-18-13/h3-4,6-7,10,13H,5,8-9H2,1-2H3,(H2,15,16,17). The Kier molecular flexibility index (Phi) is 4.63. The van der Waals surface area contributed by atoms with Gasteiger partial charge in [-0.3, -0.25) is 0 Å². The fourth-order valence-electron chi connectivity index (χ4n) is 1.92. The molecule has 0 saturated carbocycles. The largest absolute Gasteiger partial charge is 0.489 e. The maximum Gasteiger partial charge on any atom is 0.321 e. The number of hydrogen-bond acceptors (Lipinski definition) is 3. The lowest BCUT2D eigenvalue weighted by molar-refractivity contribution is 0.0928. The summed E-state index contributed by atoms with van der Waals surface area (Å²) in [5.74, 6) is 0.667. The number of carbonyl (C=O) groups is 1. The molecule has 2 rings (SSSR count). The van der Waals surface area contributed by atoms with Crippen LogP contribution in [0.25, 0.3) is 0 Å². The first-order valence-electron chi connectivity index (χ1n) is 6.60. The number of para-hydroxylation sites is 2. The van der Waals surface area contributed by atoms with Gasteiger partial charge >= 0.3 is 6.03 Å². The lowest BCUT2D eigenvalue weighted by Gasteiger charge is -2.16. The Morgan fingerprint density at radius 1 is 1.42 bits per heavy atom. The number of rotatable bonds is 4. The van der Waals surface area contributed by atoms with Gasteiger partial charge in [0.25, 0.3) is 0 Å². The molecule has 0 radical (unpaired) electrons. The minimum absolute atomic E-state index is 0.0594. The van der Waals surface area contributed by atoms with Crippen LogP contribution >= 0.6 is 0 Å². The average Bonchev–Trinajstić information content (AvgIpc) is 2.83. The Labute approximate surface area is 113 Å². The third-order valence-corrected chi connectivity index (χ3v) is 2.72. The lowest BCUT2D eigenvalue weighted by atomic mass is 10.3. The Hall–Kier alpha value is -1.75. The zero-order chi connectivity index (χ0) is 13.7. The highest BCUT2D eigenvalue weighted by Crippen LogP contribution is 2.24. The van der Waals surface area contributed by atoms with Gasteiger partial charge in [0.05, 0.1) is 11.8 Å². The Bertz CT molecular complexity index is 428. The van der Waals surface area contributed by atoms with E-state index in [9.17, 15) is 4.79 Å². The molecule has 1 aliphatic heterocycles. The van der Waals surface area contributed by atoms with Crippen LogP contribution in [0.2, 0.25) is 0 Å². The van der Waals surface area contributed by atoms with Gasteiger partial charge in [0.15, 0.2) is 0 Å². The summed E-state index contributed by atoms with van der Waals surface area (Å²) >= 11 is 0. The Morgan fingerprint density at radius 3 is 2.89 bits per heavy atom. The monoisotopic (exact) mass is 264 g/mol. The Balaban J connectivity index is 1.95. The molecule has 0 aliphatic carbocycles. The first-order chi connectivity index (χ1) is 9.15. The molecule has 0 bridgehead atoms. The fourth-order valence-corrected chi connectivity index (χ4v) is 1.92. The van der Waals surface area contributed by atoms with Crippen molar-refractivity contribution < 1.29 is 14.3 Å². The van der Waals surface area contributed by atoms with Gasteiger partial charge in [0.1, 0.15) is 12.0 Å². The van der Waals surface area contributed by atoms with Crippen LogP contribution < -0.4 is 15.4 Å². The quantitative estimate of drug-likeness (QED) is 0.879. The van der Waals surface area contributed by atoms with Gasteiger partial charge in [0, 0.05) is 6.61 Å².